The zero-order chi connectivity index (χ0) is 17.3. The van der Waals surface area contributed by atoms with Crippen molar-refractivity contribution in [2.75, 3.05) is 0 Å². The molecule has 0 aliphatic heterocycles. The Morgan fingerprint density at radius 3 is 2.46 bits per heavy atom. The van der Waals surface area contributed by atoms with Gasteiger partial charge in [-0.05, 0) is 36.8 Å². The lowest BCUT2D eigenvalue weighted by Crippen LogP contribution is -2.09. The SMILES string of the molecule is CC(=O)/C=C(\c1ccccc1)c1c(O)c2cc(O)ccc2oc1=O. The normalized spacial score (nSPS) is 11.6. The number of aromatic hydroxyl groups is 2. The summed E-state index contributed by atoms with van der Waals surface area (Å²) in [5.41, 5.74) is 0.125. The summed E-state index contributed by atoms with van der Waals surface area (Å²) in [7, 11) is 0. The van der Waals surface area contributed by atoms with Gasteiger partial charge >= 0.3 is 5.63 Å². The molecule has 3 aromatic rings. The molecule has 1 aromatic heterocycles. The molecule has 0 aliphatic rings. The van der Waals surface area contributed by atoms with Gasteiger partial charge in [0.05, 0.1) is 5.39 Å². The highest BCUT2D eigenvalue weighted by molar-refractivity contribution is 6.01. The molecule has 0 spiro atoms. The minimum atomic E-state index is -0.762. The van der Waals surface area contributed by atoms with Gasteiger partial charge in [-0.25, -0.2) is 4.79 Å². The van der Waals surface area contributed by atoms with E-state index in [4.69, 9.17) is 4.42 Å². The lowest BCUT2D eigenvalue weighted by atomic mass is 9.96. The smallest absolute Gasteiger partial charge is 0.348 e. The first-order valence-electron chi connectivity index (χ1n) is 7.24. The van der Waals surface area contributed by atoms with Gasteiger partial charge in [0, 0.05) is 5.57 Å². The number of phenolic OH excluding ortho intramolecular Hbond substituents is 1. The summed E-state index contributed by atoms with van der Waals surface area (Å²) in [5, 5.41) is 20.4. The molecule has 0 aliphatic carbocycles. The molecule has 0 radical (unpaired) electrons. The number of benzene rings is 2. The summed E-state index contributed by atoms with van der Waals surface area (Å²) in [6, 6.07) is 12.8. The largest absolute Gasteiger partial charge is 0.508 e. The second kappa shape index (κ2) is 6.04. The predicted octanol–water partition coefficient (Wildman–Crippen LogP) is 3.22. The Bertz CT molecular complexity index is 1010. The fourth-order valence-corrected chi connectivity index (χ4v) is 2.53. The first-order valence-corrected chi connectivity index (χ1v) is 7.24. The van der Waals surface area contributed by atoms with Crippen LogP contribution in [0.25, 0.3) is 16.5 Å². The molecular formula is C19H14O5. The van der Waals surface area contributed by atoms with Crippen LogP contribution < -0.4 is 5.63 Å². The van der Waals surface area contributed by atoms with Crippen LogP contribution in [0, 0.1) is 0 Å². The molecule has 5 heteroatoms. The van der Waals surface area contributed by atoms with Crippen molar-refractivity contribution in [1.82, 2.24) is 0 Å². The van der Waals surface area contributed by atoms with E-state index >= 15 is 0 Å². The average molecular weight is 322 g/mol. The molecule has 0 amide bonds. The van der Waals surface area contributed by atoms with Crippen LogP contribution in [0.4, 0.5) is 0 Å². The number of rotatable bonds is 3. The fraction of sp³-hybridized carbons (Fsp3) is 0.0526. The first kappa shape index (κ1) is 15.6. The molecule has 0 saturated carbocycles. The monoisotopic (exact) mass is 322 g/mol. The molecule has 2 aromatic carbocycles. The number of carbonyl (C=O) groups is 1. The quantitative estimate of drug-likeness (QED) is 0.571. The van der Waals surface area contributed by atoms with Crippen LogP contribution in [0.2, 0.25) is 0 Å². The van der Waals surface area contributed by atoms with E-state index < -0.39 is 5.63 Å². The van der Waals surface area contributed by atoms with Crippen molar-refractivity contribution in [3.8, 4) is 11.5 Å². The van der Waals surface area contributed by atoms with Crippen LogP contribution in [-0.2, 0) is 4.79 Å². The van der Waals surface area contributed by atoms with E-state index in [1.54, 1.807) is 30.3 Å². The van der Waals surface area contributed by atoms with Crippen LogP contribution >= 0.6 is 0 Å². The van der Waals surface area contributed by atoms with Crippen molar-refractivity contribution in [2.45, 2.75) is 6.92 Å². The maximum absolute atomic E-state index is 12.4. The molecule has 24 heavy (non-hydrogen) atoms. The summed E-state index contributed by atoms with van der Waals surface area (Å²) in [6.45, 7) is 1.36. The van der Waals surface area contributed by atoms with Crippen LogP contribution in [0.3, 0.4) is 0 Å². The van der Waals surface area contributed by atoms with Crippen molar-refractivity contribution in [3.63, 3.8) is 0 Å². The molecule has 0 bridgehead atoms. The van der Waals surface area contributed by atoms with Crippen LogP contribution in [0.5, 0.6) is 11.5 Å². The number of fused-ring (bicyclic) bond motifs is 1. The molecule has 5 nitrogen and oxygen atoms in total. The van der Waals surface area contributed by atoms with Gasteiger partial charge in [0.1, 0.15) is 22.6 Å². The van der Waals surface area contributed by atoms with Gasteiger partial charge in [0.2, 0.25) is 0 Å². The lowest BCUT2D eigenvalue weighted by molar-refractivity contribution is -0.112. The van der Waals surface area contributed by atoms with E-state index in [0.29, 0.717) is 5.56 Å². The van der Waals surface area contributed by atoms with Gasteiger partial charge in [-0.1, -0.05) is 30.3 Å². The van der Waals surface area contributed by atoms with Crippen LogP contribution in [0.1, 0.15) is 18.1 Å². The third-order valence-corrected chi connectivity index (χ3v) is 3.56. The Morgan fingerprint density at radius 1 is 1.08 bits per heavy atom. The van der Waals surface area contributed by atoms with E-state index in [2.05, 4.69) is 0 Å². The molecular weight excluding hydrogens is 308 g/mol. The summed E-state index contributed by atoms with van der Waals surface area (Å²) in [4.78, 5) is 24.0. The van der Waals surface area contributed by atoms with Crippen molar-refractivity contribution >= 4 is 22.3 Å². The van der Waals surface area contributed by atoms with Gasteiger partial charge in [0.15, 0.2) is 5.78 Å². The minimum Gasteiger partial charge on any atom is -0.508 e. The Kier molecular flexibility index (Phi) is 3.92. The third-order valence-electron chi connectivity index (χ3n) is 3.56. The van der Waals surface area contributed by atoms with Crippen LogP contribution in [-0.4, -0.2) is 16.0 Å². The highest BCUT2D eigenvalue weighted by atomic mass is 16.4. The summed E-state index contributed by atoms with van der Waals surface area (Å²) >= 11 is 0. The van der Waals surface area contributed by atoms with E-state index in [1.165, 1.54) is 31.2 Å². The number of hydrogen-bond acceptors (Lipinski definition) is 5. The summed E-state index contributed by atoms with van der Waals surface area (Å²) < 4.78 is 5.23. The zero-order valence-electron chi connectivity index (χ0n) is 12.8. The third kappa shape index (κ3) is 2.79. The number of ketones is 1. The van der Waals surface area contributed by atoms with Gasteiger partial charge in [-0.3, -0.25) is 4.79 Å². The fourth-order valence-electron chi connectivity index (χ4n) is 2.53. The van der Waals surface area contributed by atoms with Crippen LogP contribution in [0.15, 0.2) is 63.8 Å². The molecule has 0 atom stereocenters. The predicted molar refractivity (Wildman–Crippen MR) is 90.0 cm³/mol. The second-order valence-electron chi connectivity index (χ2n) is 5.33. The number of phenols is 1. The standard InChI is InChI=1S/C19H14O5/c1-11(20)9-14(12-5-3-2-4-6-12)17-18(22)15-10-13(21)7-8-16(15)24-19(17)23/h2-10,21-22H,1H3/b14-9+. The summed E-state index contributed by atoms with van der Waals surface area (Å²) in [6.07, 6.45) is 1.27. The van der Waals surface area contributed by atoms with Gasteiger partial charge in [-0.15, -0.1) is 0 Å². The number of allylic oxidation sites excluding steroid dienone is 1. The van der Waals surface area contributed by atoms with Gasteiger partial charge in [0.25, 0.3) is 0 Å². The average Bonchev–Trinajstić information content (AvgIpc) is 2.55. The topological polar surface area (TPSA) is 87.7 Å². The Hall–Kier alpha value is -3.34. The van der Waals surface area contributed by atoms with E-state index in [0.717, 1.165) is 0 Å². The van der Waals surface area contributed by atoms with Gasteiger partial charge in [-0.2, -0.15) is 0 Å². The Labute approximate surface area is 137 Å². The van der Waals surface area contributed by atoms with Crippen molar-refractivity contribution in [3.05, 3.63) is 76.2 Å². The maximum Gasteiger partial charge on any atom is 0.348 e. The maximum atomic E-state index is 12.4. The highest BCUT2D eigenvalue weighted by Gasteiger charge is 2.20. The second-order valence-corrected chi connectivity index (χ2v) is 5.33. The number of hydrogen-bond donors (Lipinski definition) is 2. The molecule has 3 rings (SSSR count). The lowest BCUT2D eigenvalue weighted by Gasteiger charge is -2.10. The molecule has 2 N–H and O–H groups in total. The molecule has 0 unspecified atom stereocenters. The van der Waals surface area contributed by atoms with E-state index in [-0.39, 0.29) is 39.4 Å². The van der Waals surface area contributed by atoms with E-state index in [9.17, 15) is 19.8 Å². The van der Waals surface area contributed by atoms with Crippen molar-refractivity contribution < 1.29 is 19.4 Å². The molecule has 0 fully saturated rings. The summed E-state index contributed by atoms with van der Waals surface area (Å²) in [5.74, 6) is -0.688. The molecule has 1 heterocycles. The zero-order valence-corrected chi connectivity index (χ0v) is 12.8. The first-order chi connectivity index (χ1) is 11.5. The Morgan fingerprint density at radius 2 is 1.79 bits per heavy atom. The molecule has 0 saturated heterocycles. The minimum absolute atomic E-state index is 0.0746. The van der Waals surface area contributed by atoms with E-state index in [1.807, 2.05) is 0 Å². The van der Waals surface area contributed by atoms with Crippen molar-refractivity contribution in [2.24, 2.45) is 0 Å². The van der Waals surface area contributed by atoms with Crippen molar-refractivity contribution in [1.29, 1.82) is 0 Å². The highest BCUT2D eigenvalue weighted by Crippen LogP contribution is 2.34. The molecule has 120 valence electrons. The number of carbonyl (C=O) groups excluding carboxylic acids is 1. The Balaban J connectivity index is 2.37. The van der Waals surface area contributed by atoms with Gasteiger partial charge < -0.3 is 14.6 Å².